The molecule has 1 rings (SSSR count). The van der Waals surface area contributed by atoms with Gasteiger partial charge in [-0.1, -0.05) is 0 Å². The molecule has 8 heteroatoms. The molecule has 1 aromatic carbocycles. The summed E-state index contributed by atoms with van der Waals surface area (Å²) in [6.07, 6.45) is 0. The zero-order valence-electron chi connectivity index (χ0n) is 6.71. The summed E-state index contributed by atoms with van der Waals surface area (Å²) < 4.78 is 26.0. The summed E-state index contributed by atoms with van der Waals surface area (Å²) in [4.78, 5) is 4.53. The van der Waals surface area contributed by atoms with Gasteiger partial charge in [0.15, 0.2) is 0 Å². The maximum atomic E-state index is 10.8. The van der Waals surface area contributed by atoms with Gasteiger partial charge in [-0.05, 0) is 24.3 Å². The molecule has 0 aliphatic rings. The highest BCUT2D eigenvalue weighted by Gasteiger charge is 2.09. The van der Waals surface area contributed by atoms with Crippen molar-refractivity contribution in [3.05, 3.63) is 24.3 Å². The Morgan fingerprint density at radius 2 is 1.86 bits per heavy atom. The molecule has 0 unspecified atom stereocenters. The zero-order chi connectivity index (χ0) is 10.6. The molecule has 0 aliphatic carbocycles. The van der Waals surface area contributed by atoms with E-state index in [0.717, 1.165) is 12.0 Å². The quantitative estimate of drug-likeness (QED) is 0.380. The molecular weight excluding hydrogens is 250 g/mol. The van der Waals surface area contributed by atoms with Crippen LogP contribution in [0.25, 0.3) is 0 Å². The minimum Gasteiger partial charge on any atom is -0.207 e. The maximum Gasteiger partial charge on any atom is 0.261 e. The lowest BCUT2D eigenvalue weighted by Gasteiger charge is -1.99. The lowest BCUT2D eigenvalue weighted by atomic mass is 10.4. The maximum absolute atomic E-state index is 10.8. The van der Waals surface area contributed by atoms with E-state index in [9.17, 15) is 8.42 Å². The first-order chi connectivity index (χ1) is 6.54. The predicted octanol–water partition coefficient (Wildman–Crippen LogP) is 1.44. The number of benzene rings is 1. The third kappa shape index (κ3) is 3.45. The van der Waals surface area contributed by atoms with Crippen molar-refractivity contribution in [3.63, 3.8) is 0 Å². The number of rotatable bonds is 4. The molecule has 5 nitrogen and oxygen atoms in total. The minimum absolute atomic E-state index is 0.0252. The first kappa shape index (κ1) is 11.8. The Bertz CT molecular complexity index is 391. The molecule has 0 heterocycles. The van der Waals surface area contributed by atoms with Gasteiger partial charge in [-0.25, -0.2) is 8.42 Å². The van der Waals surface area contributed by atoms with Crippen molar-refractivity contribution in [2.75, 3.05) is 0 Å². The van der Waals surface area contributed by atoms with Crippen LogP contribution >= 0.6 is 22.7 Å². The normalized spacial score (nSPS) is 11.6. The Balaban J connectivity index is 2.79. The van der Waals surface area contributed by atoms with Gasteiger partial charge >= 0.3 is 0 Å². The second-order valence-corrected chi connectivity index (χ2v) is 5.50. The largest absolute Gasteiger partial charge is 0.261 e. The van der Waals surface area contributed by atoms with Gasteiger partial charge in [0.25, 0.3) is 9.05 Å². The van der Waals surface area contributed by atoms with Gasteiger partial charge in [0, 0.05) is 15.6 Å². The Morgan fingerprint density at radius 3 is 2.29 bits per heavy atom. The van der Waals surface area contributed by atoms with Crippen molar-refractivity contribution in [2.24, 2.45) is 5.90 Å². The standard InChI is InChI=1S/C6H6ClNO4S2/c7-14(9,10)6-3-1-5(2-4-6)13-12-11-8/h1-4H,8H2. The van der Waals surface area contributed by atoms with E-state index in [2.05, 4.69) is 15.2 Å². The van der Waals surface area contributed by atoms with Crippen LogP contribution in [-0.2, 0) is 18.4 Å². The Kier molecular flexibility index (Phi) is 4.17. The molecule has 0 amide bonds. The van der Waals surface area contributed by atoms with Crippen molar-refractivity contribution in [2.45, 2.75) is 9.79 Å². The Hall–Kier alpha value is -0.310. The molecule has 0 radical (unpaired) electrons. The molecule has 14 heavy (non-hydrogen) atoms. The van der Waals surface area contributed by atoms with Crippen molar-refractivity contribution in [1.82, 2.24) is 0 Å². The lowest BCUT2D eigenvalue weighted by Crippen LogP contribution is -1.94. The summed E-state index contributed by atoms with van der Waals surface area (Å²) in [6, 6.07) is 5.73. The Morgan fingerprint density at radius 1 is 1.29 bits per heavy atom. The number of hydrogen-bond donors (Lipinski definition) is 1. The van der Waals surface area contributed by atoms with Gasteiger partial charge in [-0.2, -0.15) is 5.90 Å². The minimum atomic E-state index is -3.67. The summed E-state index contributed by atoms with van der Waals surface area (Å²) >= 11 is 0.855. The second-order valence-electron chi connectivity index (χ2n) is 2.16. The molecule has 0 fully saturated rings. The second kappa shape index (κ2) is 4.96. The van der Waals surface area contributed by atoms with Gasteiger partial charge in [0.05, 0.1) is 16.9 Å². The van der Waals surface area contributed by atoms with E-state index < -0.39 is 9.05 Å². The van der Waals surface area contributed by atoms with E-state index >= 15 is 0 Å². The molecule has 2 N–H and O–H groups in total. The van der Waals surface area contributed by atoms with Gasteiger partial charge < -0.3 is 0 Å². The summed E-state index contributed by atoms with van der Waals surface area (Å²) in [7, 11) is 1.43. The summed E-state index contributed by atoms with van der Waals surface area (Å²) in [6.45, 7) is 0. The van der Waals surface area contributed by atoms with E-state index in [-0.39, 0.29) is 4.90 Å². The van der Waals surface area contributed by atoms with Gasteiger partial charge in [-0.15, -0.1) is 9.32 Å². The highest BCUT2D eigenvalue weighted by atomic mass is 35.7. The van der Waals surface area contributed by atoms with Crippen LogP contribution in [0.4, 0.5) is 0 Å². The SMILES string of the molecule is NOOSc1ccc(S(=O)(=O)Cl)cc1. The van der Waals surface area contributed by atoms with Crippen molar-refractivity contribution >= 4 is 31.8 Å². The molecule has 0 aliphatic heterocycles. The highest BCUT2D eigenvalue weighted by Crippen LogP contribution is 2.22. The molecule has 0 saturated carbocycles. The van der Waals surface area contributed by atoms with Crippen LogP contribution in [0, 0.1) is 0 Å². The van der Waals surface area contributed by atoms with Crippen LogP contribution in [0.5, 0.6) is 0 Å². The van der Waals surface area contributed by atoms with Crippen LogP contribution < -0.4 is 5.90 Å². The van der Waals surface area contributed by atoms with Crippen LogP contribution in [0.1, 0.15) is 0 Å². The smallest absolute Gasteiger partial charge is 0.207 e. The fraction of sp³-hybridized carbons (Fsp3) is 0. The Labute approximate surface area is 89.6 Å². The van der Waals surface area contributed by atoms with Gasteiger partial charge in [0.1, 0.15) is 0 Å². The molecule has 0 spiro atoms. The number of nitrogens with two attached hydrogens (primary N) is 1. The number of hydrogen-bond acceptors (Lipinski definition) is 6. The zero-order valence-corrected chi connectivity index (χ0v) is 9.10. The van der Waals surface area contributed by atoms with Gasteiger partial charge in [0.2, 0.25) is 0 Å². The topological polar surface area (TPSA) is 78.6 Å². The first-order valence-electron chi connectivity index (χ1n) is 3.29. The van der Waals surface area contributed by atoms with Crippen LogP contribution in [-0.4, -0.2) is 8.42 Å². The van der Waals surface area contributed by atoms with Crippen molar-refractivity contribution < 1.29 is 17.7 Å². The molecule has 0 atom stereocenters. The monoisotopic (exact) mass is 255 g/mol. The molecule has 1 aromatic rings. The molecule has 0 bridgehead atoms. The fourth-order valence-corrected chi connectivity index (χ4v) is 1.85. The molecule has 0 aromatic heterocycles. The summed E-state index contributed by atoms with van der Waals surface area (Å²) in [5.41, 5.74) is 0. The fourth-order valence-electron chi connectivity index (χ4n) is 0.717. The van der Waals surface area contributed by atoms with E-state index in [1.54, 1.807) is 0 Å². The van der Waals surface area contributed by atoms with Crippen molar-refractivity contribution in [1.29, 1.82) is 0 Å². The molecular formula is C6H6ClNO4S2. The average molecular weight is 256 g/mol. The molecule has 0 saturated heterocycles. The van der Waals surface area contributed by atoms with E-state index in [0.29, 0.717) is 4.90 Å². The van der Waals surface area contributed by atoms with Crippen molar-refractivity contribution in [3.8, 4) is 0 Å². The third-order valence-electron chi connectivity index (χ3n) is 1.27. The third-order valence-corrected chi connectivity index (χ3v) is 3.26. The summed E-state index contributed by atoms with van der Waals surface area (Å²) in [5.74, 6) is 4.62. The predicted molar refractivity (Wildman–Crippen MR) is 51.7 cm³/mol. The van der Waals surface area contributed by atoms with Crippen LogP contribution in [0.2, 0.25) is 0 Å². The number of halogens is 1. The van der Waals surface area contributed by atoms with E-state index in [1.165, 1.54) is 24.3 Å². The van der Waals surface area contributed by atoms with Crippen LogP contribution in [0.3, 0.4) is 0 Å². The molecule has 78 valence electrons. The highest BCUT2D eigenvalue weighted by molar-refractivity contribution is 8.13. The average Bonchev–Trinajstić information content (AvgIpc) is 2.14. The first-order valence-corrected chi connectivity index (χ1v) is 6.34. The van der Waals surface area contributed by atoms with Crippen LogP contribution in [0.15, 0.2) is 34.1 Å². The van der Waals surface area contributed by atoms with E-state index in [1.807, 2.05) is 0 Å². The summed E-state index contributed by atoms with van der Waals surface area (Å²) in [5, 5.41) is 0. The van der Waals surface area contributed by atoms with Gasteiger partial charge in [-0.3, -0.25) is 0 Å². The lowest BCUT2D eigenvalue weighted by molar-refractivity contribution is -0.195. The van der Waals surface area contributed by atoms with E-state index in [4.69, 9.17) is 10.7 Å².